The van der Waals surface area contributed by atoms with Crippen molar-refractivity contribution in [3.05, 3.63) is 57.9 Å². The van der Waals surface area contributed by atoms with Crippen molar-refractivity contribution in [1.29, 1.82) is 0 Å². The van der Waals surface area contributed by atoms with Crippen molar-refractivity contribution in [2.24, 2.45) is 0 Å². The minimum Gasteiger partial charge on any atom is -0.207 e. The number of hydrogen-bond acceptors (Lipinski definition) is 3. The van der Waals surface area contributed by atoms with Crippen LogP contribution in [0.25, 0.3) is 17.1 Å². The van der Waals surface area contributed by atoms with E-state index in [0.717, 1.165) is 14.8 Å². The molecule has 0 amide bonds. The van der Waals surface area contributed by atoms with E-state index < -0.39 is 0 Å². The Labute approximate surface area is 122 Å². The van der Waals surface area contributed by atoms with Gasteiger partial charge in [0, 0.05) is 9.13 Å². The Balaban J connectivity index is 2.13. The predicted octanol–water partition coefficient (Wildman–Crippen LogP) is 3.07. The summed E-state index contributed by atoms with van der Waals surface area (Å²) in [4.78, 5) is 0. The van der Waals surface area contributed by atoms with Crippen LogP contribution in [-0.4, -0.2) is 20.2 Å². The van der Waals surface area contributed by atoms with E-state index in [1.165, 1.54) is 12.1 Å². The maximum absolute atomic E-state index is 13.0. The lowest BCUT2D eigenvalue weighted by atomic mass is 10.2. The summed E-state index contributed by atoms with van der Waals surface area (Å²) in [5.74, 6) is 0.351. The maximum Gasteiger partial charge on any atom is 0.188 e. The zero-order valence-electron chi connectivity index (χ0n) is 9.66. The van der Waals surface area contributed by atoms with Gasteiger partial charge in [-0.05, 0) is 63.3 Å². The number of nitrogens with zero attached hydrogens (tertiary/aromatic N) is 4. The topological polar surface area (TPSA) is 43.6 Å². The molecule has 0 aliphatic heterocycles. The molecule has 0 N–H and O–H groups in total. The molecule has 6 heteroatoms. The van der Waals surface area contributed by atoms with Crippen molar-refractivity contribution < 1.29 is 4.39 Å². The third kappa shape index (κ3) is 2.35. The fourth-order valence-corrected chi connectivity index (χ4v) is 2.38. The molecule has 0 atom stereocenters. The van der Waals surface area contributed by atoms with Crippen LogP contribution in [0.15, 0.2) is 48.5 Å². The zero-order chi connectivity index (χ0) is 13.2. The van der Waals surface area contributed by atoms with Crippen molar-refractivity contribution in [3.63, 3.8) is 0 Å². The molecule has 0 bridgehead atoms. The Kier molecular flexibility index (Phi) is 3.24. The Morgan fingerprint density at radius 3 is 2.47 bits per heavy atom. The summed E-state index contributed by atoms with van der Waals surface area (Å²) >= 11 is 2.23. The van der Waals surface area contributed by atoms with Gasteiger partial charge in [-0.1, -0.05) is 18.2 Å². The number of rotatable bonds is 2. The third-order valence-electron chi connectivity index (χ3n) is 2.66. The van der Waals surface area contributed by atoms with E-state index in [0.29, 0.717) is 5.82 Å². The minimum absolute atomic E-state index is 0.285. The van der Waals surface area contributed by atoms with Crippen LogP contribution in [0.2, 0.25) is 0 Å². The molecule has 0 aliphatic rings. The second-order valence-electron chi connectivity index (χ2n) is 3.87. The number of halogens is 2. The first-order chi connectivity index (χ1) is 9.25. The second kappa shape index (κ2) is 5.04. The van der Waals surface area contributed by atoms with Gasteiger partial charge >= 0.3 is 0 Å². The van der Waals surface area contributed by atoms with Crippen LogP contribution in [-0.2, 0) is 0 Å². The third-order valence-corrected chi connectivity index (χ3v) is 3.60. The molecule has 4 nitrogen and oxygen atoms in total. The van der Waals surface area contributed by atoms with Crippen LogP contribution < -0.4 is 0 Å². The van der Waals surface area contributed by atoms with Crippen molar-refractivity contribution in [2.75, 3.05) is 0 Å². The van der Waals surface area contributed by atoms with E-state index in [1.54, 1.807) is 16.8 Å². The van der Waals surface area contributed by atoms with E-state index in [-0.39, 0.29) is 5.82 Å². The summed E-state index contributed by atoms with van der Waals surface area (Å²) < 4.78 is 15.6. The van der Waals surface area contributed by atoms with Gasteiger partial charge in [-0.3, -0.25) is 0 Å². The summed E-state index contributed by atoms with van der Waals surface area (Å²) in [6, 6.07) is 13.9. The van der Waals surface area contributed by atoms with Gasteiger partial charge in [0.05, 0.1) is 5.69 Å². The van der Waals surface area contributed by atoms with Gasteiger partial charge in [-0.2, -0.15) is 4.68 Å². The molecular formula is C13H8FIN4. The quantitative estimate of drug-likeness (QED) is 0.655. The standard InChI is InChI=1S/C13H8FIN4/c14-9-5-7-10(8-6-9)19-13(16-17-18-19)11-3-1-2-4-12(11)15/h1-8H. The fraction of sp³-hybridized carbons (Fsp3) is 0. The molecule has 3 rings (SSSR count). The average molecular weight is 366 g/mol. The molecule has 0 saturated carbocycles. The highest BCUT2D eigenvalue weighted by Gasteiger charge is 2.12. The first-order valence-electron chi connectivity index (χ1n) is 5.55. The Morgan fingerprint density at radius 2 is 1.74 bits per heavy atom. The highest BCUT2D eigenvalue weighted by molar-refractivity contribution is 14.1. The van der Waals surface area contributed by atoms with Gasteiger partial charge < -0.3 is 0 Å². The van der Waals surface area contributed by atoms with Crippen molar-refractivity contribution in [2.45, 2.75) is 0 Å². The molecular weight excluding hydrogens is 358 g/mol. The Morgan fingerprint density at radius 1 is 1.00 bits per heavy atom. The Bertz CT molecular complexity index is 709. The molecule has 19 heavy (non-hydrogen) atoms. The highest BCUT2D eigenvalue weighted by atomic mass is 127. The lowest BCUT2D eigenvalue weighted by Gasteiger charge is -2.05. The van der Waals surface area contributed by atoms with E-state index in [9.17, 15) is 4.39 Å². The lowest BCUT2D eigenvalue weighted by molar-refractivity contribution is 0.627. The highest BCUT2D eigenvalue weighted by Crippen LogP contribution is 2.24. The van der Waals surface area contributed by atoms with Crippen LogP contribution in [0, 0.1) is 9.39 Å². The molecule has 0 radical (unpaired) electrons. The monoisotopic (exact) mass is 366 g/mol. The second-order valence-corrected chi connectivity index (χ2v) is 5.03. The molecule has 1 heterocycles. The summed E-state index contributed by atoms with van der Waals surface area (Å²) in [6.45, 7) is 0. The normalized spacial score (nSPS) is 10.6. The van der Waals surface area contributed by atoms with Gasteiger partial charge in [0.25, 0.3) is 0 Å². The van der Waals surface area contributed by atoms with E-state index in [2.05, 4.69) is 38.1 Å². The maximum atomic E-state index is 13.0. The van der Waals surface area contributed by atoms with Gasteiger partial charge in [0.1, 0.15) is 5.82 Å². The van der Waals surface area contributed by atoms with Gasteiger partial charge in [0.2, 0.25) is 0 Å². The molecule has 0 unspecified atom stereocenters. The first-order valence-corrected chi connectivity index (χ1v) is 6.63. The van der Waals surface area contributed by atoms with Crippen molar-refractivity contribution in [1.82, 2.24) is 20.2 Å². The summed E-state index contributed by atoms with van der Waals surface area (Å²) in [5, 5.41) is 11.7. The van der Waals surface area contributed by atoms with Crippen molar-refractivity contribution in [3.8, 4) is 17.1 Å². The van der Waals surface area contributed by atoms with Gasteiger partial charge in [-0.25, -0.2) is 4.39 Å². The number of benzene rings is 2. The van der Waals surface area contributed by atoms with E-state index in [1.807, 2.05) is 24.3 Å². The van der Waals surface area contributed by atoms with Crippen molar-refractivity contribution >= 4 is 22.6 Å². The summed E-state index contributed by atoms with van der Waals surface area (Å²) in [6.07, 6.45) is 0. The van der Waals surface area contributed by atoms with E-state index in [4.69, 9.17) is 0 Å². The smallest absolute Gasteiger partial charge is 0.188 e. The average Bonchev–Trinajstić information content (AvgIpc) is 2.89. The van der Waals surface area contributed by atoms with Gasteiger partial charge in [0.15, 0.2) is 5.82 Å². The summed E-state index contributed by atoms with van der Waals surface area (Å²) in [7, 11) is 0. The lowest BCUT2D eigenvalue weighted by Crippen LogP contribution is -2.00. The number of aromatic nitrogens is 4. The fourth-order valence-electron chi connectivity index (χ4n) is 1.75. The largest absolute Gasteiger partial charge is 0.207 e. The minimum atomic E-state index is -0.285. The molecule has 0 spiro atoms. The number of tetrazole rings is 1. The predicted molar refractivity (Wildman–Crippen MR) is 77.3 cm³/mol. The number of hydrogen-bond donors (Lipinski definition) is 0. The van der Waals surface area contributed by atoms with Crippen LogP contribution in [0.3, 0.4) is 0 Å². The SMILES string of the molecule is Fc1ccc(-n2nnnc2-c2ccccc2I)cc1. The molecule has 2 aromatic carbocycles. The molecule has 1 aromatic heterocycles. The Hall–Kier alpha value is -1.83. The summed E-state index contributed by atoms with van der Waals surface area (Å²) in [5.41, 5.74) is 1.67. The molecule has 94 valence electrons. The first kappa shape index (κ1) is 12.2. The van der Waals surface area contributed by atoms with Gasteiger partial charge in [-0.15, -0.1) is 5.10 Å². The molecule has 0 aliphatic carbocycles. The molecule has 3 aromatic rings. The van der Waals surface area contributed by atoms with Crippen LogP contribution in [0.5, 0.6) is 0 Å². The van der Waals surface area contributed by atoms with Crippen LogP contribution in [0.4, 0.5) is 4.39 Å². The van der Waals surface area contributed by atoms with Crippen LogP contribution >= 0.6 is 22.6 Å². The molecule has 0 saturated heterocycles. The van der Waals surface area contributed by atoms with E-state index >= 15 is 0 Å². The zero-order valence-corrected chi connectivity index (χ0v) is 11.8. The van der Waals surface area contributed by atoms with Crippen LogP contribution in [0.1, 0.15) is 0 Å². The molecule has 0 fully saturated rings.